The van der Waals surface area contributed by atoms with Gasteiger partial charge in [-0.05, 0) is 56.6 Å². The Bertz CT molecular complexity index is 620. The summed E-state index contributed by atoms with van der Waals surface area (Å²) in [5.74, 6) is -0.208. The van der Waals surface area contributed by atoms with Crippen molar-refractivity contribution in [3.63, 3.8) is 0 Å². The number of nitrogens with zero attached hydrogens (tertiary/aromatic N) is 1. The minimum Gasteiger partial charge on any atom is -0.353 e. The zero-order chi connectivity index (χ0) is 16.4. The lowest BCUT2D eigenvalue weighted by Gasteiger charge is -2.25. The Hall–Kier alpha value is -1.11. The molecule has 0 radical (unpaired) electrons. The monoisotopic (exact) mass is 415 g/mol. The number of halogens is 2. The van der Waals surface area contributed by atoms with Crippen LogP contribution in [0.3, 0.4) is 0 Å². The van der Waals surface area contributed by atoms with E-state index in [9.17, 15) is 9.59 Å². The van der Waals surface area contributed by atoms with Gasteiger partial charge in [0.1, 0.15) is 0 Å². The van der Waals surface area contributed by atoms with E-state index in [1.165, 1.54) is 0 Å². The number of amides is 2. The van der Waals surface area contributed by atoms with Gasteiger partial charge in [-0.3, -0.25) is 9.59 Å². The van der Waals surface area contributed by atoms with Gasteiger partial charge >= 0.3 is 0 Å². The third-order valence-corrected chi connectivity index (χ3v) is 5.52. The van der Waals surface area contributed by atoms with E-state index in [-0.39, 0.29) is 36.2 Å². The Morgan fingerprint density at radius 1 is 1.33 bits per heavy atom. The SMILES string of the molecule is Cc1cc(N2CC(C(=O)NC3CCNCC3)CC2=O)ccc1Br.Cl. The Balaban J connectivity index is 0.00000208. The van der Waals surface area contributed by atoms with Gasteiger partial charge in [-0.25, -0.2) is 0 Å². The van der Waals surface area contributed by atoms with Crippen molar-refractivity contribution < 1.29 is 9.59 Å². The van der Waals surface area contributed by atoms with Crippen LogP contribution in [0.2, 0.25) is 0 Å². The standard InChI is InChI=1S/C17H22BrN3O2.ClH/c1-11-8-14(2-3-15(11)18)21-10-12(9-16(21)22)17(23)20-13-4-6-19-7-5-13;/h2-3,8,12-13,19H,4-7,9-10H2,1H3,(H,20,23);1H. The molecule has 24 heavy (non-hydrogen) atoms. The first-order chi connectivity index (χ1) is 11.0. The predicted molar refractivity (Wildman–Crippen MR) is 101 cm³/mol. The van der Waals surface area contributed by atoms with Gasteiger partial charge in [0.15, 0.2) is 0 Å². The van der Waals surface area contributed by atoms with Crippen molar-refractivity contribution in [3.8, 4) is 0 Å². The molecule has 2 aliphatic heterocycles. The van der Waals surface area contributed by atoms with Crippen LogP contribution in [0.5, 0.6) is 0 Å². The van der Waals surface area contributed by atoms with Crippen LogP contribution in [-0.4, -0.2) is 37.5 Å². The highest BCUT2D eigenvalue weighted by atomic mass is 79.9. The van der Waals surface area contributed by atoms with Crippen LogP contribution in [0.15, 0.2) is 22.7 Å². The van der Waals surface area contributed by atoms with Crippen LogP contribution in [-0.2, 0) is 9.59 Å². The summed E-state index contributed by atoms with van der Waals surface area (Å²) >= 11 is 3.47. The molecule has 3 rings (SSSR count). The average Bonchev–Trinajstić information content (AvgIpc) is 2.93. The molecule has 132 valence electrons. The molecule has 2 heterocycles. The first-order valence-corrected chi connectivity index (χ1v) is 8.91. The highest BCUT2D eigenvalue weighted by Crippen LogP contribution is 2.28. The maximum Gasteiger partial charge on any atom is 0.227 e. The van der Waals surface area contributed by atoms with Gasteiger partial charge in [0, 0.05) is 29.2 Å². The zero-order valence-corrected chi connectivity index (χ0v) is 16.1. The summed E-state index contributed by atoms with van der Waals surface area (Å²) in [5, 5.41) is 6.39. The molecular formula is C17H23BrClN3O2. The van der Waals surface area contributed by atoms with E-state index >= 15 is 0 Å². The van der Waals surface area contributed by atoms with Crippen LogP contribution < -0.4 is 15.5 Å². The molecule has 0 bridgehead atoms. The van der Waals surface area contributed by atoms with Gasteiger partial charge in [0.05, 0.1) is 5.92 Å². The summed E-state index contributed by atoms with van der Waals surface area (Å²) in [7, 11) is 0. The molecule has 2 saturated heterocycles. The second kappa shape index (κ2) is 8.32. The van der Waals surface area contributed by atoms with E-state index in [4.69, 9.17) is 0 Å². The lowest BCUT2D eigenvalue weighted by Crippen LogP contribution is -2.45. The lowest BCUT2D eigenvalue weighted by atomic mass is 10.0. The number of hydrogen-bond acceptors (Lipinski definition) is 3. The minimum atomic E-state index is -0.249. The van der Waals surface area contributed by atoms with Crippen molar-refractivity contribution in [2.45, 2.75) is 32.2 Å². The molecule has 5 nitrogen and oxygen atoms in total. The van der Waals surface area contributed by atoms with E-state index in [0.29, 0.717) is 13.0 Å². The van der Waals surface area contributed by atoms with Gasteiger partial charge in [-0.15, -0.1) is 12.4 Å². The zero-order valence-electron chi connectivity index (χ0n) is 13.7. The molecule has 0 saturated carbocycles. The summed E-state index contributed by atoms with van der Waals surface area (Å²) in [6.07, 6.45) is 2.22. The number of carbonyl (C=O) groups is 2. The summed E-state index contributed by atoms with van der Waals surface area (Å²) in [6.45, 7) is 4.35. The summed E-state index contributed by atoms with van der Waals surface area (Å²) < 4.78 is 1.02. The second-order valence-electron chi connectivity index (χ2n) is 6.37. The normalized spacial score (nSPS) is 21.5. The van der Waals surface area contributed by atoms with Crippen molar-refractivity contribution in [1.82, 2.24) is 10.6 Å². The van der Waals surface area contributed by atoms with Crippen LogP contribution in [0, 0.1) is 12.8 Å². The number of aryl methyl sites for hydroxylation is 1. The first kappa shape index (κ1) is 19.2. The molecular weight excluding hydrogens is 394 g/mol. The number of anilines is 1. The van der Waals surface area contributed by atoms with E-state index in [1.54, 1.807) is 4.90 Å². The smallest absolute Gasteiger partial charge is 0.227 e. The molecule has 1 aromatic carbocycles. The van der Waals surface area contributed by atoms with Gasteiger partial charge in [0.2, 0.25) is 11.8 Å². The fraction of sp³-hybridized carbons (Fsp3) is 0.529. The Morgan fingerprint density at radius 2 is 2.04 bits per heavy atom. The van der Waals surface area contributed by atoms with Crippen LogP contribution in [0.4, 0.5) is 5.69 Å². The van der Waals surface area contributed by atoms with Crippen LogP contribution in [0.25, 0.3) is 0 Å². The van der Waals surface area contributed by atoms with Crippen molar-refractivity contribution in [2.75, 3.05) is 24.5 Å². The molecule has 2 N–H and O–H groups in total. The molecule has 1 aromatic rings. The number of carbonyl (C=O) groups excluding carboxylic acids is 2. The number of piperidine rings is 1. The van der Waals surface area contributed by atoms with Gasteiger partial charge < -0.3 is 15.5 Å². The fourth-order valence-corrected chi connectivity index (χ4v) is 3.46. The molecule has 1 atom stereocenters. The number of nitrogens with one attached hydrogen (secondary N) is 2. The fourth-order valence-electron chi connectivity index (χ4n) is 3.21. The van der Waals surface area contributed by atoms with Crippen molar-refractivity contribution >= 4 is 45.8 Å². The third-order valence-electron chi connectivity index (χ3n) is 4.63. The Morgan fingerprint density at radius 3 is 2.71 bits per heavy atom. The molecule has 2 aliphatic rings. The molecule has 0 spiro atoms. The molecule has 7 heteroatoms. The minimum absolute atomic E-state index is 0. The largest absolute Gasteiger partial charge is 0.353 e. The molecule has 0 aliphatic carbocycles. The highest BCUT2D eigenvalue weighted by Gasteiger charge is 2.36. The van der Waals surface area contributed by atoms with Crippen molar-refractivity contribution in [1.29, 1.82) is 0 Å². The number of benzene rings is 1. The third kappa shape index (κ3) is 4.29. The van der Waals surface area contributed by atoms with Gasteiger partial charge in [-0.1, -0.05) is 15.9 Å². The topological polar surface area (TPSA) is 61.4 Å². The predicted octanol–water partition coefficient (Wildman–Crippen LogP) is 2.40. The molecule has 2 fully saturated rings. The van der Waals surface area contributed by atoms with E-state index < -0.39 is 0 Å². The maximum atomic E-state index is 12.4. The highest BCUT2D eigenvalue weighted by molar-refractivity contribution is 9.10. The first-order valence-electron chi connectivity index (χ1n) is 8.12. The average molecular weight is 417 g/mol. The Kier molecular flexibility index (Phi) is 6.66. The van der Waals surface area contributed by atoms with Crippen LogP contribution >= 0.6 is 28.3 Å². The summed E-state index contributed by atoms with van der Waals surface area (Å²) in [6, 6.07) is 6.08. The summed E-state index contributed by atoms with van der Waals surface area (Å²) in [5.41, 5.74) is 1.95. The van der Waals surface area contributed by atoms with E-state index in [2.05, 4.69) is 26.6 Å². The second-order valence-corrected chi connectivity index (χ2v) is 7.23. The summed E-state index contributed by atoms with van der Waals surface area (Å²) in [4.78, 5) is 26.5. The van der Waals surface area contributed by atoms with E-state index in [0.717, 1.165) is 41.7 Å². The van der Waals surface area contributed by atoms with Crippen molar-refractivity contribution in [2.24, 2.45) is 5.92 Å². The van der Waals surface area contributed by atoms with Gasteiger partial charge in [0.25, 0.3) is 0 Å². The molecule has 1 unspecified atom stereocenters. The molecule has 2 amide bonds. The Labute approximate surface area is 157 Å². The lowest BCUT2D eigenvalue weighted by molar-refractivity contribution is -0.127. The maximum absolute atomic E-state index is 12.4. The van der Waals surface area contributed by atoms with Crippen molar-refractivity contribution in [3.05, 3.63) is 28.2 Å². The number of rotatable bonds is 3. The number of hydrogen-bond donors (Lipinski definition) is 2. The quantitative estimate of drug-likeness (QED) is 0.795. The van der Waals surface area contributed by atoms with Crippen LogP contribution in [0.1, 0.15) is 24.8 Å². The van der Waals surface area contributed by atoms with Gasteiger partial charge in [-0.2, -0.15) is 0 Å². The molecule has 0 aromatic heterocycles. The van der Waals surface area contributed by atoms with E-state index in [1.807, 2.05) is 25.1 Å².